The van der Waals surface area contributed by atoms with Crippen LogP contribution in [-0.4, -0.2) is 31.8 Å². The zero-order chi connectivity index (χ0) is 13.7. The van der Waals surface area contributed by atoms with Crippen molar-refractivity contribution in [1.82, 2.24) is 10.6 Å². The first-order valence-corrected chi connectivity index (χ1v) is 8.10. The number of nitrogens with one attached hydrogen (secondary N) is 2. The molecule has 0 spiro atoms. The van der Waals surface area contributed by atoms with Gasteiger partial charge in [-0.2, -0.15) is 0 Å². The van der Waals surface area contributed by atoms with E-state index in [2.05, 4.69) is 49.9 Å². The van der Waals surface area contributed by atoms with Crippen molar-refractivity contribution in [2.24, 2.45) is 4.99 Å². The highest BCUT2D eigenvalue weighted by Crippen LogP contribution is 2.23. The summed E-state index contributed by atoms with van der Waals surface area (Å²) in [6.07, 6.45) is 2.25. The Bertz CT molecular complexity index is 441. The Morgan fingerprint density at radius 2 is 2.42 bits per heavy atom. The average Bonchev–Trinajstić information content (AvgIpc) is 2.99. The largest absolute Gasteiger partial charge is 0.373 e. The van der Waals surface area contributed by atoms with Crippen LogP contribution in [0.25, 0.3) is 0 Å². The fourth-order valence-electron chi connectivity index (χ4n) is 2.08. The maximum absolute atomic E-state index is 5.75. The molecule has 0 aromatic carbocycles. The summed E-state index contributed by atoms with van der Waals surface area (Å²) >= 11 is 5.19. The molecule has 1 aromatic rings. The Kier molecular flexibility index (Phi) is 5.24. The second-order valence-electron chi connectivity index (χ2n) is 4.91. The van der Waals surface area contributed by atoms with Crippen LogP contribution in [-0.2, 0) is 11.3 Å². The smallest absolute Gasteiger partial charge is 0.191 e. The van der Waals surface area contributed by atoms with E-state index < -0.39 is 0 Å². The quantitative estimate of drug-likeness (QED) is 0.651. The molecule has 1 fully saturated rings. The Labute approximate surface area is 126 Å². The molecule has 0 amide bonds. The molecule has 2 rings (SSSR count). The number of thiophene rings is 1. The predicted octanol–water partition coefficient (Wildman–Crippen LogP) is 2.74. The normalized spacial score (nSPS) is 23.6. The second-order valence-corrected chi connectivity index (χ2v) is 6.82. The number of hydrogen-bond acceptors (Lipinski definition) is 3. The standard InChI is InChI=1S/C13H20BrN3OS/c1-13(4-3-5-18-13)9-17-12(15-2)16-7-11-6-10(14)8-19-11/h6,8H,3-5,7,9H2,1-2H3,(H2,15,16,17). The van der Waals surface area contributed by atoms with E-state index in [0.717, 1.165) is 43.0 Å². The lowest BCUT2D eigenvalue weighted by Gasteiger charge is -2.24. The van der Waals surface area contributed by atoms with Crippen LogP contribution in [0, 0.1) is 0 Å². The lowest BCUT2D eigenvalue weighted by molar-refractivity contribution is 0.0243. The van der Waals surface area contributed by atoms with Crippen LogP contribution >= 0.6 is 27.3 Å². The summed E-state index contributed by atoms with van der Waals surface area (Å²) in [7, 11) is 1.79. The van der Waals surface area contributed by atoms with E-state index in [1.54, 1.807) is 18.4 Å². The van der Waals surface area contributed by atoms with Crippen molar-refractivity contribution in [3.8, 4) is 0 Å². The van der Waals surface area contributed by atoms with E-state index in [9.17, 15) is 0 Å². The third kappa shape index (κ3) is 4.47. The minimum absolute atomic E-state index is 0.0520. The van der Waals surface area contributed by atoms with Crippen LogP contribution < -0.4 is 10.6 Å². The molecule has 1 atom stereocenters. The van der Waals surface area contributed by atoms with Crippen molar-refractivity contribution in [2.75, 3.05) is 20.2 Å². The van der Waals surface area contributed by atoms with Crippen molar-refractivity contribution in [3.63, 3.8) is 0 Å². The van der Waals surface area contributed by atoms with E-state index in [0.29, 0.717) is 0 Å². The van der Waals surface area contributed by atoms with Gasteiger partial charge in [0, 0.05) is 34.9 Å². The van der Waals surface area contributed by atoms with Crippen molar-refractivity contribution in [2.45, 2.75) is 31.9 Å². The van der Waals surface area contributed by atoms with Crippen LogP contribution in [0.15, 0.2) is 20.9 Å². The molecule has 19 heavy (non-hydrogen) atoms. The molecular weight excluding hydrogens is 326 g/mol. The summed E-state index contributed by atoms with van der Waals surface area (Å²) in [6.45, 7) is 4.60. The molecule has 0 radical (unpaired) electrons. The number of halogens is 1. The molecular formula is C13H20BrN3OS. The van der Waals surface area contributed by atoms with Crippen molar-refractivity contribution in [3.05, 3.63) is 20.8 Å². The summed E-state index contributed by atoms with van der Waals surface area (Å²) in [5, 5.41) is 8.73. The number of aliphatic imine (C=N–C) groups is 1. The summed E-state index contributed by atoms with van der Waals surface area (Å²) in [6, 6.07) is 2.12. The molecule has 6 heteroatoms. The number of hydrogen-bond donors (Lipinski definition) is 2. The van der Waals surface area contributed by atoms with E-state index in [1.165, 1.54) is 4.88 Å². The molecule has 4 nitrogen and oxygen atoms in total. The molecule has 0 saturated carbocycles. The number of nitrogens with zero attached hydrogens (tertiary/aromatic N) is 1. The first-order valence-electron chi connectivity index (χ1n) is 6.43. The van der Waals surface area contributed by atoms with E-state index in [-0.39, 0.29) is 5.60 Å². The van der Waals surface area contributed by atoms with E-state index in [1.807, 2.05) is 0 Å². The highest BCUT2D eigenvalue weighted by Gasteiger charge is 2.29. The monoisotopic (exact) mass is 345 g/mol. The number of ether oxygens (including phenoxy) is 1. The average molecular weight is 346 g/mol. The van der Waals surface area contributed by atoms with E-state index in [4.69, 9.17) is 4.74 Å². The Morgan fingerprint density at radius 1 is 1.58 bits per heavy atom. The summed E-state index contributed by atoms with van der Waals surface area (Å²) in [4.78, 5) is 5.51. The molecule has 1 aromatic heterocycles. The van der Waals surface area contributed by atoms with Gasteiger partial charge in [-0.25, -0.2) is 0 Å². The molecule has 1 unspecified atom stereocenters. The van der Waals surface area contributed by atoms with E-state index >= 15 is 0 Å². The van der Waals surface area contributed by atoms with Gasteiger partial charge in [0.2, 0.25) is 0 Å². The van der Waals surface area contributed by atoms with Crippen molar-refractivity contribution in [1.29, 1.82) is 0 Å². The topological polar surface area (TPSA) is 45.7 Å². The van der Waals surface area contributed by atoms with Gasteiger partial charge in [0.15, 0.2) is 5.96 Å². The van der Waals surface area contributed by atoms with Gasteiger partial charge in [-0.3, -0.25) is 4.99 Å². The first-order chi connectivity index (χ1) is 9.11. The predicted molar refractivity (Wildman–Crippen MR) is 83.8 cm³/mol. The number of guanidine groups is 1. The van der Waals surface area contributed by atoms with Gasteiger partial charge in [0.05, 0.1) is 12.1 Å². The van der Waals surface area contributed by atoms with Gasteiger partial charge in [-0.1, -0.05) is 0 Å². The Balaban J connectivity index is 1.77. The molecule has 2 heterocycles. The molecule has 1 aliphatic rings. The van der Waals surface area contributed by atoms with Gasteiger partial charge in [-0.05, 0) is 41.8 Å². The Hall–Kier alpha value is -0.590. The highest BCUT2D eigenvalue weighted by atomic mass is 79.9. The van der Waals surface area contributed by atoms with Crippen molar-refractivity contribution < 1.29 is 4.74 Å². The lowest BCUT2D eigenvalue weighted by Crippen LogP contribution is -2.45. The van der Waals surface area contributed by atoms with Crippen LogP contribution in [0.3, 0.4) is 0 Å². The number of rotatable bonds is 4. The maximum atomic E-state index is 5.75. The van der Waals surface area contributed by atoms with Crippen LogP contribution in [0.1, 0.15) is 24.6 Å². The first kappa shape index (κ1) is 14.8. The molecule has 0 aliphatic carbocycles. The molecule has 2 N–H and O–H groups in total. The summed E-state index contributed by atoms with van der Waals surface area (Å²) in [5.41, 5.74) is -0.0520. The molecule has 1 aliphatic heterocycles. The zero-order valence-corrected chi connectivity index (χ0v) is 13.7. The minimum Gasteiger partial charge on any atom is -0.373 e. The third-order valence-electron chi connectivity index (χ3n) is 3.21. The van der Waals surface area contributed by atoms with Gasteiger partial charge in [0.1, 0.15) is 0 Å². The second kappa shape index (κ2) is 6.72. The zero-order valence-electron chi connectivity index (χ0n) is 11.3. The summed E-state index contributed by atoms with van der Waals surface area (Å²) in [5.74, 6) is 0.821. The lowest BCUT2D eigenvalue weighted by atomic mass is 10.0. The Morgan fingerprint density at radius 3 is 3.00 bits per heavy atom. The minimum atomic E-state index is -0.0520. The van der Waals surface area contributed by atoms with Gasteiger partial charge in [0.25, 0.3) is 0 Å². The van der Waals surface area contributed by atoms with Crippen LogP contribution in [0.5, 0.6) is 0 Å². The van der Waals surface area contributed by atoms with Crippen molar-refractivity contribution >= 4 is 33.2 Å². The van der Waals surface area contributed by atoms with Gasteiger partial charge >= 0.3 is 0 Å². The fraction of sp³-hybridized carbons (Fsp3) is 0.615. The highest BCUT2D eigenvalue weighted by molar-refractivity contribution is 9.10. The molecule has 0 bridgehead atoms. The fourth-order valence-corrected chi connectivity index (χ4v) is 3.48. The van der Waals surface area contributed by atoms with Gasteiger partial charge < -0.3 is 15.4 Å². The van der Waals surface area contributed by atoms with Crippen LogP contribution in [0.4, 0.5) is 0 Å². The molecule has 1 saturated heterocycles. The third-order valence-corrected chi connectivity index (χ3v) is 4.90. The SMILES string of the molecule is CN=C(NCc1cc(Br)cs1)NCC1(C)CCCO1. The molecule has 106 valence electrons. The van der Waals surface area contributed by atoms with Gasteiger partial charge in [-0.15, -0.1) is 11.3 Å². The van der Waals surface area contributed by atoms with Crippen LogP contribution in [0.2, 0.25) is 0 Å². The maximum Gasteiger partial charge on any atom is 0.191 e. The summed E-state index contributed by atoms with van der Waals surface area (Å²) < 4.78 is 6.88.